The molecule has 0 atom stereocenters. The fourth-order valence-electron chi connectivity index (χ4n) is 1.38. The SMILES string of the molecule is O=Cc1cncc(-c2cscc2C(F)F)c1. The average Bonchev–Trinajstić information content (AvgIpc) is 2.78. The van der Waals surface area contributed by atoms with Crippen molar-refractivity contribution in [3.05, 3.63) is 40.3 Å². The van der Waals surface area contributed by atoms with Gasteiger partial charge in [0, 0.05) is 40.0 Å². The molecular weight excluding hydrogens is 232 g/mol. The number of carbonyl (C=O) groups excluding carboxylic acids is 1. The smallest absolute Gasteiger partial charge is 0.265 e. The second-order valence-corrected chi connectivity index (χ2v) is 3.91. The molecule has 0 spiro atoms. The highest BCUT2D eigenvalue weighted by Crippen LogP contribution is 2.33. The van der Waals surface area contributed by atoms with Gasteiger partial charge in [0.25, 0.3) is 6.43 Å². The summed E-state index contributed by atoms with van der Waals surface area (Å²) in [6, 6.07) is 1.55. The average molecular weight is 239 g/mol. The van der Waals surface area contributed by atoms with Crippen LogP contribution in [0, 0.1) is 0 Å². The molecular formula is C11H7F2NOS. The van der Waals surface area contributed by atoms with E-state index in [1.807, 2.05) is 0 Å². The van der Waals surface area contributed by atoms with Crippen LogP contribution in [0.25, 0.3) is 11.1 Å². The zero-order valence-corrected chi connectivity index (χ0v) is 8.88. The Morgan fingerprint density at radius 2 is 2.12 bits per heavy atom. The molecule has 0 fully saturated rings. The van der Waals surface area contributed by atoms with Gasteiger partial charge in [0.05, 0.1) is 0 Å². The van der Waals surface area contributed by atoms with Crippen molar-refractivity contribution in [2.75, 3.05) is 0 Å². The Morgan fingerprint density at radius 1 is 1.31 bits per heavy atom. The van der Waals surface area contributed by atoms with E-state index in [2.05, 4.69) is 4.98 Å². The third kappa shape index (κ3) is 1.99. The van der Waals surface area contributed by atoms with E-state index < -0.39 is 6.43 Å². The summed E-state index contributed by atoms with van der Waals surface area (Å²) in [6.07, 6.45) is 0.998. The van der Waals surface area contributed by atoms with Crippen molar-refractivity contribution in [2.24, 2.45) is 0 Å². The molecule has 0 saturated carbocycles. The molecule has 0 radical (unpaired) electrons. The minimum Gasteiger partial charge on any atom is -0.298 e. The van der Waals surface area contributed by atoms with Gasteiger partial charge < -0.3 is 0 Å². The van der Waals surface area contributed by atoms with Gasteiger partial charge in [-0.15, -0.1) is 0 Å². The number of rotatable bonds is 3. The molecule has 2 aromatic rings. The van der Waals surface area contributed by atoms with Crippen molar-refractivity contribution in [3.8, 4) is 11.1 Å². The first kappa shape index (κ1) is 10.9. The third-order valence-electron chi connectivity index (χ3n) is 2.13. The molecule has 0 aromatic carbocycles. The van der Waals surface area contributed by atoms with Crippen LogP contribution in [0.3, 0.4) is 0 Å². The van der Waals surface area contributed by atoms with Crippen molar-refractivity contribution in [1.82, 2.24) is 4.98 Å². The highest BCUT2D eigenvalue weighted by atomic mass is 32.1. The summed E-state index contributed by atoms with van der Waals surface area (Å²) in [5.41, 5.74) is 1.34. The highest BCUT2D eigenvalue weighted by Gasteiger charge is 2.15. The normalized spacial score (nSPS) is 10.7. The fourth-order valence-corrected chi connectivity index (χ4v) is 2.23. The zero-order valence-electron chi connectivity index (χ0n) is 8.06. The van der Waals surface area contributed by atoms with Crippen LogP contribution in [-0.2, 0) is 0 Å². The highest BCUT2D eigenvalue weighted by molar-refractivity contribution is 7.08. The van der Waals surface area contributed by atoms with Crippen LogP contribution in [0.1, 0.15) is 22.3 Å². The van der Waals surface area contributed by atoms with Gasteiger partial charge >= 0.3 is 0 Å². The van der Waals surface area contributed by atoms with Gasteiger partial charge in [0.1, 0.15) is 0 Å². The first-order chi connectivity index (χ1) is 7.72. The minimum absolute atomic E-state index is 0.0187. The van der Waals surface area contributed by atoms with E-state index in [-0.39, 0.29) is 5.56 Å². The molecule has 0 aliphatic rings. The Balaban J connectivity index is 2.49. The van der Waals surface area contributed by atoms with Crippen LogP contribution >= 0.6 is 11.3 Å². The Labute approximate surface area is 94.6 Å². The Morgan fingerprint density at radius 3 is 2.81 bits per heavy atom. The van der Waals surface area contributed by atoms with Gasteiger partial charge in [-0.2, -0.15) is 11.3 Å². The number of pyridine rings is 1. The number of carbonyl (C=O) groups is 1. The summed E-state index contributed by atoms with van der Waals surface area (Å²) >= 11 is 1.21. The lowest BCUT2D eigenvalue weighted by molar-refractivity contribution is 0.112. The molecule has 0 amide bonds. The lowest BCUT2D eigenvalue weighted by Crippen LogP contribution is -1.88. The van der Waals surface area contributed by atoms with Crippen molar-refractivity contribution >= 4 is 17.6 Å². The summed E-state index contributed by atoms with van der Waals surface area (Å²) in [7, 11) is 0. The maximum Gasteiger partial charge on any atom is 0.265 e. The summed E-state index contributed by atoms with van der Waals surface area (Å²) in [5, 5.41) is 3.04. The number of aldehydes is 1. The van der Waals surface area contributed by atoms with E-state index in [1.54, 1.807) is 11.4 Å². The van der Waals surface area contributed by atoms with Gasteiger partial charge in [-0.05, 0) is 11.4 Å². The zero-order chi connectivity index (χ0) is 11.5. The lowest BCUT2D eigenvalue weighted by Gasteiger charge is -2.03. The molecule has 0 aliphatic heterocycles. The number of halogens is 2. The molecule has 2 rings (SSSR count). The van der Waals surface area contributed by atoms with E-state index in [4.69, 9.17) is 0 Å². The van der Waals surface area contributed by atoms with Crippen molar-refractivity contribution in [2.45, 2.75) is 6.43 Å². The van der Waals surface area contributed by atoms with Crippen LogP contribution in [0.4, 0.5) is 8.78 Å². The fraction of sp³-hybridized carbons (Fsp3) is 0.0909. The van der Waals surface area contributed by atoms with Gasteiger partial charge in [-0.25, -0.2) is 8.78 Å². The Hall–Kier alpha value is -1.62. The molecule has 2 heterocycles. The minimum atomic E-state index is -2.51. The van der Waals surface area contributed by atoms with Crippen molar-refractivity contribution in [1.29, 1.82) is 0 Å². The largest absolute Gasteiger partial charge is 0.298 e. The van der Waals surface area contributed by atoms with Crippen molar-refractivity contribution in [3.63, 3.8) is 0 Å². The predicted octanol–water partition coefficient (Wildman–Crippen LogP) is 3.56. The van der Waals surface area contributed by atoms with Gasteiger partial charge in [-0.1, -0.05) is 0 Å². The first-order valence-electron chi connectivity index (χ1n) is 4.47. The molecule has 2 aromatic heterocycles. The molecule has 0 aliphatic carbocycles. The summed E-state index contributed by atoms with van der Waals surface area (Å²) in [6.45, 7) is 0. The Bertz CT molecular complexity index is 510. The second kappa shape index (κ2) is 4.49. The number of hydrogen-bond acceptors (Lipinski definition) is 3. The predicted molar refractivity (Wildman–Crippen MR) is 57.9 cm³/mol. The number of thiophene rings is 1. The maximum atomic E-state index is 12.6. The van der Waals surface area contributed by atoms with E-state index in [0.717, 1.165) is 0 Å². The second-order valence-electron chi connectivity index (χ2n) is 3.17. The van der Waals surface area contributed by atoms with Gasteiger partial charge in [0.15, 0.2) is 6.29 Å². The molecule has 0 saturated heterocycles. The molecule has 2 nitrogen and oxygen atoms in total. The Kier molecular flexibility index (Phi) is 3.05. The van der Waals surface area contributed by atoms with Gasteiger partial charge in [0.2, 0.25) is 0 Å². The lowest BCUT2D eigenvalue weighted by atomic mass is 10.1. The van der Waals surface area contributed by atoms with Crippen LogP contribution < -0.4 is 0 Å². The van der Waals surface area contributed by atoms with Crippen LogP contribution in [0.5, 0.6) is 0 Å². The van der Waals surface area contributed by atoms with E-state index in [1.165, 1.54) is 29.1 Å². The topological polar surface area (TPSA) is 30.0 Å². The molecule has 82 valence electrons. The molecule has 0 bridgehead atoms. The monoisotopic (exact) mass is 239 g/mol. The molecule has 0 N–H and O–H groups in total. The number of hydrogen-bond donors (Lipinski definition) is 0. The number of aromatic nitrogens is 1. The molecule has 5 heteroatoms. The van der Waals surface area contributed by atoms with Crippen LogP contribution in [-0.4, -0.2) is 11.3 Å². The standard InChI is InChI=1S/C11H7F2NOS/c12-11(13)10-6-16-5-9(10)8-1-7(4-15)2-14-3-8/h1-6,11H. The summed E-state index contributed by atoms with van der Waals surface area (Å²) in [5.74, 6) is 0. The first-order valence-corrected chi connectivity index (χ1v) is 5.41. The van der Waals surface area contributed by atoms with Crippen LogP contribution in [0.15, 0.2) is 29.2 Å². The number of alkyl halides is 2. The van der Waals surface area contributed by atoms with E-state index >= 15 is 0 Å². The van der Waals surface area contributed by atoms with E-state index in [0.29, 0.717) is 23.0 Å². The number of nitrogens with zero attached hydrogens (tertiary/aromatic N) is 1. The molecule has 16 heavy (non-hydrogen) atoms. The molecule has 0 unspecified atom stereocenters. The summed E-state index contributed by atoms with van der Waals surface area (Å²) in [4.78, 5) is 14.4. The van der Waals surface area contributed by atoms with Crippen LogP contribution in [0.2, 0.25) is 0 Å². The quantitative estimate of drug-likeness (QED) is 0.766. The van der Waals surface area contributed by atoms with Crippen molar-refractivity contribution < 1.29 is 13.6 Å². The van der Waals surface area contributed by atoms with Gasteiger partial charge in [-0.3, -0.25) is 9.78 Å². The van der Waals surface area contributed by atoms with E-state index in [9.17, 15) is 13.6 Å². The third-order valence-corrected chi connectivity index (χ3v) is 2.90. The summed E-state index contributed by atoms with van der Waals surface area (Å²) < 4.78 is 25.3. The maximum absolute atomic E-state index is 12.6.